The fourth-order valence-corrected chi connectivity index (χ4v) is 4.57. The molecule has 11 heteroatoms. The van der Waals surface area contributed by atoms with E-state index < -0.39 is 12.1 Å². The molecule has 2 amide bonds. The second-order valence-electron chi connectivity index (χ2n) is 8.86. The van der Waals surface area contributed by atoms with Gasteiger partial charge in [0.25, 0.3) is 0 Å². The quantitative estimate of drug-likeness (QED) is 0.130. The molecule has 1 aliphatic rings. The van der Waals surface area contributed by atoms with Crippen LogP contribution in [-0.2, 0) is 22.6 Å². The van der Waals surface area contributed by atoms with Crippen molar-refractivity contribution in [1.29, 1.82) is 5.41 Å². The number of methoxy groups -OCH3 is 1. The van der Waals surface area contributed by atoms with E-state index in [1.165, 1.54) is 0 Å². The number of anilines is 1. The Morgan fingerprint density at radius 2 is 1.92 bits per heavy atom. The molecule has 0 aromatic heterocycles. The number of amidine groups is 1. The van der Waals surface area contributed by atoms with Gasteiger partial charge in [0, 0.05) is 16.8 Å². The number of ether oxygens (including phenoxy) is 1. The number of fused-ring (bicyclic) bond motifs is 2. The van der Waals surface area contributed by atoms with Gasteiger partial charge in [-0.05, 0) is 61.3 Å². The summed E-state index contributed by atoms with van der Waals surface area (Å²) in [4.78, 5) is 28.2. The number of nitrogens with two attached hydrogens (primary N) is 1. The third-order valence-corrected chi connectivity index (χ3v) is 6.75. The number of hydrogen-bond donors (Lipinski definition) is 5. The van der Waals surface area contributed by atoms with Gasteiger partial charge in [-0.1, -0.05) is 36.4 Å². The molecule has 38 heavy (non-hydrogen) atoms. The highest BCUT2D eigenvalue weighted by atomic mass is 35.5. The van der Waals surface area contributed by atoms with Crippen molar-refractivity contribution in [1.82, 2.24) is 16.1 Å². The zero-order valence-corrected chi connectivity index (χ0v) is 23.2. The Kier molecular flexibility index (Phi) is 10.9. The van der Waals surface area contributed by atoms with Gasteiger partial charge in [0.15, 0.2) is 0 Å². The molecule has 1 heterocycles. The van der Waals surface area contributed by atoms with Crippen molar-refractivity contribution in [3.63, 3.8) is 0 Å². The molecule has 0 saturated heterocycles. The minimum Gasteiger partial charge on any atom is -0.496 e. The molecule has 0 bridgehead atoms. The molecule has 0 radical (unpaired) electrons. The van der Waals surface area contributed by atoms with Crippen molar-refractivity contribution in [3.8, 4) is 5.75 Å². The summed E-state index contributed by atoms with van der Waals surface area (Å²) in [6.45, 7) is 2.02. The summed E-state index contributed by atoms with van der Waals surface area (Å²) in [5.41, 5.74) is 5.74. The maximum Gasteiger partial charge on any atom is 0.249 e. The molecule has 1 aliphatic heterocycles. The lowest BCUT2D eigenvalue weighted by Gasteiger charge is -2.28. The first kappa shape index (κ1) is 30.9. The molecule has 0 aliphatic carbocycles. The van der Waals surface area contributed by atoms with Crippen LogP contribution in [0.1, 0.15) is 30.0 Å². The van der Waals surface area contributed by atoms with Crippen LogP contribution >= 0.6 is 24.8 Å². The van der Waals surface area contributed by atoms with Gasteiger partial charge in [0.05, 0.1) is 19.7 Å². The van der Waals surface area contributed by atoms with Gasteiger partial charge in [0.2, 0.25) is 11.8 Å². The Morgan fingerprint density at radius 1 is 1.18 bits per heavy atom. The average molecular weight is 562 g/mol. The molecule has 0 fully saturated rings. The molecule has 4 rings (SSSR count). The molecule has 0 saturated carbocycles. The van der Waals surface area contributed by atoms with E-state index in [-0.39, 0.29) is 49.0 Å². The van der Waals surface area contributed by atoms with E-state index in [1.807, 2.05) is 54.6 Å². The highest BCUT2D eigenvalue weighted by Gasteiger charge is 2.33. The molecule has 2 atom stereocenters. The molecule has 0 unspecified atom stereocenters. The van der Waals surface area contributed by atoms with E-state index in [0.717, 1.165) is 27.6 Å². The van der Waals surface area contributed by atoms with Crippen LogP contribution in [0.4, 0.5) is 5.69 Å². The van der Waals surface area contributed by atoms with Crippen molar-refractivity contribution in [2.75, 3.05) is 19.1 Å². The Morgan fingerprint density at radius 3 is 2.61 bits per heavy atom. The largest absolute Gasteiger partial charge is 0.496 e. The van der Waals surface area contributed by atoms with Crippen LogP contribution in [0.2, 0.25) is 0 Å². The number of benzene rings is 3. The Hall–Kier alpha value is -3.37. The number of halogens is 2. The molecule has 3 aromatic carbocycles. The number of amides is 2. The van der Waals surface area contributed by atoms with Crippen molar-refractivity contribution in [2.45, 2.75) is 38.4 Å². The lowest BCUT2D eigenvalue weighted by molar-refractivity contribution is -0.128. The lowest BCUT2D eigenvalue weighted by atomic mass is 9.99. The number of carbonyl (C=O) groups excluding carboxylic acids is 2. The summed E-state index contributed by atoms with van der Waals surface area (Å²) in [5, 5.41) is 15.7. The van der Waals surface area contributed by atoms with Crippen molar-refractivity contribution < 1.29 is 14.3 Å². The summed E-state index contributed by atoms with van der Waals surface area (Å²) in [6.07, 6.45) is 1.18. The molecule has 3 aromatic rings. The number of nitrogens with zero attached hydrogens (tertiary/aromatic N) is 1. The highest BCUT2D eigenvalue weighted by molar-refractivity contribution is 6.03. The number of carbonyl (C=O) groups is 2. The molecular weight excluding hydrogens is 527 g/mol. The standard InChI is InChI=1S/C27H32N6O3.2ClH/c1-16(30-2)26(34)31-22-12-9-17-6-4-5-7-23(17)33(27(22)35)15-21-20-11-8-19(25(28)32-29)14-18(20)10-13-24(21)36-3;;/h4-8,10-11,13-14,16,22,30H,9,12,15,29H2,1-3H3,(H2,28,32)(H,31,34);2*1H/t16-,22-;;/m0../s1. The van der Waals surface area contributed by atoms with Gasteiger partial charge in [-0.25, -0.2) is 5.84 Å². The zero-order valence-electron chi connectivity index (χ0n) is 21.5. The minimum absolute atomic E-state index is 0. The monoisotopic (exact) mass is 560 g/mol. The maximum absolute atomic E-state index is 13.9. The fourth-order valence-electron chi connectivity index (χ4n) is 4.57. The van der Waals surface area contributed by atoms with Gasteiger partial charge in [-0.3, -0.25) is 15.0 Å². The second-order valence-corrected chi connectivity index (χ2v) is 8.86. The van der Waals surface area contributed by atoms with Crippen LogP contribution in [-0.4, -0.2) is 43.9 Å². The van der Waals surface area contributed by atoms with E-state index in [4.69, 9.17) is 16.0 Å². The summed E-state index contributed by atoms with van der Waals surface area (Å²) >= 11 is 0. The summed E-state index contributed by atoms with van der Waals surface area (Å²) in [6, 6.07) is 16.2. The normalized spacial score (nSPS) is 15.3. The Labute approximate surface area is 234 Å². The topological polar surface area (TPSA) is 133 Å². The third kappa shape index (κ3) is 6.19. The molecular formula is C27H34Cl2N6O3. The highest BCUT2D eigenvalue weighted by Crippen LogP contribution is 2.34. The number of likely N-dealkylation sites (N-methyl/N-ethyl adjacent to an activating group) is 1. The third-order valence-electron chi connectivity index (χ3n) is 6.75. The Bertz CT molecular complexity index is 1320. The van der Waals surface area contributed by atoms with E-state index in [9.17, 15) is 9.59 Å². The smallest absolute Gasteiger partial charge is 0.249 e. The first-order valence-corrected chi connectivity index (χ1v) is 11.9. The molecule has 204 valence electrons. The number of hydrogen-bond acceptors (Lipinski definition) is 6. The summed E-state index contributed by atoms with van der Waals surface area (Å²) in [5.74, 6) is 5.81. The van der Waals surface area contributed by atoms with Gasteiger partial charge >= 0.3 is 0 Å². The van der Waals surface area contributed by atoms with Crippen molar-refractivity contribution >= 4 is 58.9 Å². The number of nitrogens with one attached hydrogen (secondary N) is 4. The van der Waals surface area contributed by atoms with Crippen LogP contribution in [0.15, 0.2) is 54.6 Å². The number of aryl methyl sites for hydroxylation is 1. The minimum atomic E-state index is -0.649. The average Bonchev–Trinajstić information content (AvgIpc) is 3.04. The number of para-hydroxylation sites is 1. The SMILES string of the molecule is CN[C@@H](C)C(=O)N[C@H]1CCc2ccccc2N(Cc2c(OC)ccc3cc(C(=N)NN)ccc23)C1=O.Cl.Cl. The lowest BCUT2D eigenvalue weighted by Crippen LogP contribution is -2.52. The Balaban J connectivity index is 0.00000253. The van der Waals surface area contributed by atoms with Crippen molar-refractivity contribution in [3.05, 3.63) is 71.3 Å². The summed E-state index contributed by atoms with van der Waals surface area (Å²) in [7, 11) is 3.32. The van der Waals surface area contributed by atoms with Crippen molar-refractivity contribution in [2.24, 2.45) is 5.84 Å². The first-order valence-electron chi connectivity index (χ1n) is 11.9. The van der Waals surface area contributed by atoms with Gasteiger partial charge in [-0.2, -0.15) is 0 Å². The number of hydrazine groups is 1. The zero-order chi connectivity index (χ0) is 25.8. The molecule has 6 N–H and O–H groups in total. The van der Waals surface area contributed by atoms with Crippen LogP contribution in [0.5, 0.6) is 5.75 Å². The van der Waals surface area contributed by atoms with Crippen LogP contribution in [0.3, 0.4) is 0 Å². The molecule has 9 nitrogen and oxygen atoms in total. The van der Waals surface area contributed by atoms with Crippen LogP contribution < -0.4 is 31.5 Å². The van der Waals surface area contributed by atoms with Gasteiger partial charge < -0.3 is 25.7 Å². The van der Waals surface area contributed by atoms with E-state index >= 15 is 0 Å². The summed E-state index contributed by atoms with van der Waals surface area (Å²) < 4.78 is 5.70. The fraction of sp³-hybridized carbons (Fsp3) is 0.296. The maximum atomic E-state index is 13.9. The van der Waals surface area contributed by atoms with Gasteiger partial charge in [0.1, 0.15) is 17.6 Å². The second kappa shape index (κ2) is 13.4. The molecule has 0 spiro atoms. The van der Waals surface area contributed by atoms with E-state index in [0.29, 0.717) is 24.2 Å². The predicted molar refractivity (Wildman–Crippen MR) is 156 cm³/mol. The van der Waals surface area contributed by atoms with E-state index in [1.54, 1.807) is 26.0 Å². The first-order chi connectivity index (χ1) is 17.4. The predicted octanol–water partition coefficient (Wildman–Crippen LogP) is 3.05. The van der Waals surface area contributed by atoms with Gasteiger partial charge in [-0.15, -0.1) is 24.8 Å². The van der Waals surface area contributed by atoms with Crippen LogP contribution in [0.25, 0.3) is 10.8 Å². The van der Waals surface area contributed by atoms with E-state index in [2.05, 4.69) is 16.1 Å². The number of rotatable bonds is 7. The van der Waals surface area contributed by atoms with Crippen LogP contribution in [0, 0.1) is 5.41 Å².